The van der Waals surface area contributed by atoms with Crippen molar-refractivity contribution in [3.63, 3.8) is 0 Å². The van der Waals surface area contributed by atoms with Crippen molar-refractivity contribution in [3.8, 4) is 5.75 Å². The molecule has 0 aromatic heterocycles. The Morgan fingerprint density at radius 1 is 1.15 bits per heavy atom. The molecule has 1 N–H and O–H groups in total. The topological polar surface area (TPSA) is 72.5 Å². The van der Waals surface area contributed by atoms with Crippen molar-refractivity contribution in [1.29, 1.82) is 0 Å². The highest BCUT2D eigenvalue weighted by Gasteiger charge is 2.22. The summed E-state index contributed by atoms with van der Waals surface area (Å²) in [6, 6.07) is 11.4. The molecule has 5 nitrogen and oxygen atoms in total. The molecule has 2 rings (SSSR count). The quantitative estimate of drug-likeness (QED) is 0.793. The van der Waals surface area contributed by atoms with E-state index in [-0.39, 0.29) is 22.0 Å². The van der Waals surface area contributed by atoms with Gasteiger partial charge in [-0.3, -0.25) is 4.79 Å². The summed E-state index contributed by atoms with van der Waals surface area (Å²) in [6.07, 6.45) is 0. The average molecular weight is 383 g/mol. The predicted octanol–water partition coefficient (Wildman–Crippen LogP) is 3.57. The van der Waals surface area contributed by atoms with Gasteiger partial charge in [0.1, 0.15) is 5.75 Å². The molecule has 0 spiro atoms. The number of carbonyl (C=O) groups is 1. The molecule has 0 unspecified atom stereocenters. The number of nitrogens with one attached hydrogen (secondary N) is 1. The third-order valence-electron chi connectivity index (χ3n) is 3.78. The molecule has 1 atom stereocenters. The van der Waals surface area contributed by atoms with Gasteiger partial charge < -0.3 is 10.1 Å². The molecule has 0 aliphatic rings. The number of halogens is 2. The number of hydrogen-bond donors (Lipinski definition) is 1. The molecule has 0 radical (unpaired) electrons. The molecule has 8 heteroatoms. The first-order valence-electron chi connectivity index (χ1n) is 7.92. The van der Waals surface area contributed by atoms with Crippen molar-refractivity contribution in [2.24, 2.45) is 0 Å². The smallest absolute Gasteiger partial charge is 0.387 e. The molecule has 0 saturated heterocycles. The second-order valence-electron chi connectivity index (χ2n) is 5.55. The van der Waals surface area contributed by atoms with Crippen LogP contribution in [0.4, 0.5) is 8.78 Å². The lowest BCUT2D eigenvalue weighted by Crippen LogP contribution is -2.28. The number of sulfone groups is 1. The van der Waals surface area contributed by atoms with E-state index in [4.69, 9.17) is 0 Å². The Kier molecular flexibility index (Phi) is 6.31. The Bertz CT molecular complexity index is 884. The molecular formula is C18H19F2NO4S. The maximum atomic E-state index is 12.5. The highest BCUT2D eigenvalue weighted by atomic mass is 32.2. The molecule has 1 amide bonds. The lowest BCUT2D eigenvalue weighted by molar-refractivity contribution is -0.0499. The number of alkyl halides is 2. The van der Waals surface area contributed by atoms with Crippen LogP contribution >= 0.6 is 0 Å². The van der Waals surface area contributed by atoms with Crippen LogP contribution in [-0.4, -0.2) is 26.7 Å². The number of carbonyl (C=O) groups excluding carboxylic acids is 1. The van der Waals surface area contributed by atoms with Crippen LogP contribution in [0.3, 0.4) is 0 Å². The number of amides is 1. The summed E-state index contributed by atoms with van der Waals surface area (Å²) in [4.78, 5) is 12.5. The average Bonchev–Trinajstić information content (AvgIpc) is 2.61. The minimum Gasteiger partial charge on any atom is -0.435 e. The SMILES string of the molecule is CCS(=O)(=O)c1ccccc1C(=O)N[C@@H](C)c1cccc(OC(F)F)c1. The standard InChI is InChI=1S/C18H19F2NO4S/c1-3-26(23,24)16-10-5-4-9-15(16)17(22)21-12(2)13-7-6-8-14(11-13)25-18(19)20/h4-12,18H,3H2,1-2H3,(H,21,22)/t12-/m0/s1. The van der Waals surface area contributed by atoms with Crippen LogP contribution in [0.2, 0.25) is 0 Å². The van der Waals surface area contributed by atoms with E-state index in [9.17, 15) is 22.0 Å². The maximum absolute atomic E-state index is 12.5. The second kappa shape index (κ2) is 8.27. The lowest BCUT2D eigenvalue weighted by atomic mass is 10.1. The van der Waals surface area contributed by atoms with Gasteiger partial charge in [0, 0.05) is 0 Å². The summed E-state index contributed by atoms with van der Waals surface area (Å²) in [7, 11) is -3.56. The first-order valence-corrected chi connectivity index (χ1v) is 9.57. The van der Waals surface area contributed by atoms with Crippen LogP contribution in [0.1, 0.15) is 35.8 Å². The van der Waals surface area contributed by atoms with Gasteiger partial charge >= 0.3 is 6.61 Å². The Morgan fingerprint density at radius 2 is 1.85 bits per heavy atom. The van der Waals surface area contributed by atoms with Gasteiger partial charge in [-0.05, 0) is 36.8 Å². The van der Waals surface area contributed by atoms with E-state index in [1.807, 2.05) is 0 Å². The zero-order valence-corrected chi connectivity index (χ0v) is 15.1. The van der Waals surface area contributed by atoms with E-state index >= 15 is 0 Å². The minimum atomic E-state index is -3.56. The number of rotatable bonds is 7. The van der Waals surface area contributed by atoms with Crippen molar-refractivity contribution in [1.82, 2.24) is 5.32 Å². The van der Waals surface area contributed by atoms with Gasteiger partial charge in [-0.25, -0.2) is 8.42 Å². The minimum absolute atomic E-state index is 0.0208. The van der Waals surface area contributed by atoms with Crippen LogP contribution < -0.4 is 10.1 Å². The number of hydrogen-bond acceptors (Lipinski definition) is 4. The third kappa shape index (κ3) is 4.78. The van der Waals surface area contributed by atoms with Gasteiger partial charge in [-0.2, -0.15) is 8.78 Å². The molecule has 0 aliphatic heterocycles. The lowest BCUT2D eigenvalue weighted by Gasteiger charge is -2.17. The van der Waals surface area contributed by atoms with E-state index in [2.05, 4.69) is 10.1 Å². The zero-order chi connectivity index (χ0) is 19.3. The molecule has 0 saturated carbocycles. The molecule has 0 heterocycles. The summed E-state index contributed by atoms with van der Waals surface area (Å²) < 4.78 is 53.3. The molecule has 0 fully saturated rings. The van der Waals surface area contributed by atoms with Crippen molar-refractivity contribution >= 4 is 15.7 Å². The van der Waals surface area contributed by atoms with E-state index in [1.165, 1.54) is 37.3 Å². The molecular weight excluding hydrogens is 364 g/mol. The van der Waals surface area contributed by atoms with Gasteiger partial charge in [0.2, 0.25) is 0 Å². The fourth-order valence-electron chi connectivity index (χ4n) is 2.40. The van der Waals surface area contributed by atoms with Crippen LogP contribution in [0.5, 0.6) is 5.75 Å². The van der Waals surface area contributed by atoms with E-state index in [1.54, 1.807) is 25.1 Å². The summed E-state index contributed by atoms with van der Waals surface area (Å²) in [5.41, 5.74) is 0.591. The normalized spacial score (nSPS) is 12.7. The molecule has 0 bridgehead atoms. The predicted molar refractivity (Wildman–Crippen MR) is 93.1 cm³/mol. The fourth-order valence-corrected chi connectivity index (χ4v) is 3.49. The van der Waals surface area contributed by atoms with Gasteiger partial charge in [0.15, 0.2) is 9.84 Å². The van der Waals surface area contributed by atoms with Crippen molar-refractivity contribution in [2.75, 3.05) is 5.75 Å². The van der Waals surface area contributed by atoms with Gasteiger partial charge in [0.05, 0.1) is 22.3 Å². The number of ether oxygens (including phenoxy) is 1. The van der Waals surface area contributed by atoms with Crippen LogP contribution in [0.15, 0.2) is 53.4 Å². The third-order valence-corrected chi connectivity index (χ3v) is 5.56. The van der Waals surface area contributed by atoms with E-state index in [0.717, 1.165) is 0 Å². The van der Waals surface area contributed by atoms with Crippen LogP contribution in [0.25, 0.3) is 0 Å². The molecule has 140 valence electrons. The highest BCUT2D eigenvalue weighted by molar-refractivity contribution is 7.91. The summed E-state index contributed by atoms with van der Waals surface area (Å²) in [5, 5.41) is 2.68. The van der Waals surface area contributed by atoms with Crippen molar-refractivity contribution < 1.29 is 26.7 Å². The van der Waals surface area contributed by atoms with Crippen molar-refractivity contribution in [2.45, 2.75) is 31.4 Å². The molecule has 26 heavy (non-hydrogen) atoms. The van der Waals surface area contributed by atoms with Crippen LogP contribution in [0, 0.1) is 0 Å². The Labute approximate surface area is 150 Å². The zero-order valence-electron chi connectivity index (χ0n) is 14.3. The van der Waals surface area contributed by atoms with Crippen LogP contribution in [-0.2, 0) is 9.84 Å². The van der Waals surface area contributed by atoms with Gasteiger partial charge in [-0.1, -0.05) is 31.2 Å². The summed E-state index contributed by atoms with van der Waals surface area (Å²) in [6.45, 7) is 0.221. The van der Waals surface area contributed by atoms with E-state index < -0.39 is 28.4 Å². The Morgan fingerprint density at radius 3 is 2.50 bits per heavy atom. The molecule has 2 aromatic carbocycles. The summed E-state index contributed by atoms with van der Waals surface area (Å²) in [5.74, 6) is -0.710. The van der Waals surface area contributed by atoms with Gasteiger partial charge in [-0.15, -0.1) is 0 Å². The fraction of sp³-hybridized carbons (Fsp3) is 0.278. The van der Waals surface area contributed by atoms with E-state index in [0.29, 0.717) is 5.56 Å². The number of benzene rings is 2. The first-order chi connectivity index (χ1) is 12.2. The first kappa shape index (κ1) is 19.8. The largest absolute Gasteiger partial charge is 0.435 e. The maximum Gasteiger partial charge on any atom is 0.387 e. The monoisotopic (exact) mass is 383 g/mol. The highest BCUT2D eigenvalue weighted by Crippen LogP contribution is 2.22. The Balaban J connectivity index is 2.23. The second-order valence-corrected chi connectivity index (χ2v) is 7.79. The Hall–Kier alpha value is -2.48. The summed E-state index contributed by atoms with van der Waals surface area (Å²) >= 11 is 0. The molecule has 0 aliphatic carbocycles. The van der Waals surface area contributed by atoms with Gasteiger partial charge in [0.25, 0.3) is 5.91 Å². The molecule has 2 aromatic rings. The van der Waals surface area contributed by atoms with Crippen molar-refractivity contribution in [3.05, 3.63) is 59.7 Å².